The number of benzene rings is 1. The van der Waals surface area contributed by atoms with Gasteiger partial charge in [0.05, 0.1) is 6.42 Å². The van der Waals surface area contributed by atoms with Gasteiger partial charge in [-0.1, -0.05) is 30.3 Å². The highest BCUT2D eigenvalue weighted by atomic mass is 19.4. The Kier molecular flexibility index (Phi) is 5.31. The maximum absolute atomic E-state index is 12.1. The van der Waals surface area contributed by atoms with Gasteiger partial charge in [0, 0.05) is 6.04 Å². The first-order chi connectivity index (χ1) is 8.80. The fraction of sp³-hybridized carbons (Fsp3) is 0.417. The maximum Gasteiger partial charge on any atom is 0.415 e. The molecule has 2 unspecified atom stereocenters. The average molecular weight is 277 g/mol. The van der Waals surface area contributed by atoms with Crippen LogP contribution in [0.2, 0.25) is 0 Å². The lowest BCUT2D eigenvalue weighted by molar-refractivity contribution is -0.210. The number of rotatable bonds is 5. The van der Waals surface area contributed by atoms with Crippen molar-refractivity contribution in [2.24, 2.45) is 5.73 Å². The van der Waals surface area contributed by atoms with E-state index in [9.17, 15) is 18.0 Å². The van der Waals surface area contributed by atoms with Crippen molar-refractivity contribution in [3.63, 3.8) is 0 Å². The smallest absolute Gasteiger partial charge is 0.415 e. The number of hydrogen-bond donors (Lipinski definition) is 2. The Morgan fingerprint density at radius 1 is 1.32 bits per heavy atom. The molecular weight excluding hydrogens is 263 g/mol. The van der Waals surface area contributed by atoms with Gasteiger partial charge >= 0.3 is 12.1 Å². The minimum absolute atomic E-state index is 0.0471. The largest absolute Gasteiger partial charge is 0.461 e. The molecule has 0 aliphatic heterocycles. The third-order valence-corrected chi connectivity index (χ3v) is 2.39. The van der Waals surface area contributed by atoms with Gasteiger partial charge in [-0.15, -0.1) is 0 Å². The average Bonchev–Trinajstić information content (AvgIpc) is 2.35. The van der Waals surface area contributed by atoms with Gasteiger partial charge in [0.25, 0.3) is 0 Å². The molecule has 0 radical (unpaired) electrons. The first-order valence-corrected chi connectivity index (χ1v) is 5.50. The third-order valence-electron chi connectivity index (χ3n) is 2.39. The fourth-order valence-corrected chi connectivity index (χ4v) is 1.34. The minimum Gasteiger partial charge on any atom is -0.461 e. The van der Waals surface area contributed by atoms with Crippen molar-refractivity contribution < 1.29 is 27.8 Å². The molecule has 1 rings (SSSR count). The lowest BCUT2D eigenvalue weighted by Crippen LogP contribution is -2.46. The summed E-state index contributed by atoms with van der Waals surface area (Å²) < 4.78 is 41.1. The number of esters is 1. The van der Waals surface area contributed by atoms with Crippen LogP contribution >= 0.6 is 0 Å². The van der Waals surface area contributed by atoms with E-state index in [2.05, 4.69) is 0 Å². The topological polar surface area (TPSA) is 72.6 Å². The molecule has 3 N–H and O–H groups in total. The van der Waals surface area contributed by atoms with Gasteiger partial charge in [-0.2, -0.15) is 13.2 Å². The monoisotopic (exact) mass is 277 g/mol. The number of alkyl halides is 3. The Morgan fingerprint density at radius 3 is 2.42 bits per heavy atom. The van der Waals surface area contributed by atoms with Crippen LogP contribution in [0.25, 0.3) is 0 Å². The van der Waals surface area contributed by atoms with Crippen LogP contribution < -0.4 is 5.73 Å². The van der Waals surface area contributed by atoms with Crippen molar-refractivity contribution in [2.75, 3.05) is 0 Å². The first-order valence-electron chi connectivity index (χ1n) is 5.50. The number of ether oxygens (including phenoxy) is 1. The van der Waals surface area contributed by atoms with Crippen molar-refractivity contribution >= 4 is 5.97 Å². The molecule has 0 amide bonds. The van der Waals surface area contributed by atoms with E-state index in [1.165, 1.54) is 0 Å². The van der Waals surface area contributed by atoms with Crippen LogP contribution in [0.15, 0.2) is 30.3 Å². The van der Waals surface area contributed by atoms with Crippen LogP contribution in [0, 0.1) is 0 Å². The van der Waals surface area contributed by atoms with Crippen molar-refractivity contribution in [3.8, 4) is 0 Å². The van der Waals surface area contributed by atoms with Crippen LogP contribution in [0.1, 0.15) is 12.0 Å². The molecule has 1 aromatic carbocycles. The Bertz CT molecular complexity index is 408. The van der Waals surface area contributed by atoms with Gasteiger partial charge in [-0.05, 0) is 5.56 Å². The molecule has 0 aliphatic carbocycles. The summed E-state index contributed by atoms with van der Waals surface area (Å²) in [7, 11) is 0. The van der Waals surface area contributed by atoms with Gasteiger partial charge in [0.15, 0.2) is 6.10 Å². The van der Waals surface area contributed by atoms with E-state index in [0.29, 0.717) is 5.56 Å². The molecule has 0 saturated heterocycles. The lowest BCUT2D eigenvalue weighted by Gasteiger charge is -2.20. The number of hydrogen-bond acceptors (Lipinski definition) is 4. The Labute approximate surface area is 108 Å². The molecule has 0 aliphatic rings. The molecule has 0 bridgehead atoms. The molecule has 0 heterocycles. The van der Waals surface area contributed by atoms with Gasteiger partial charge in [-0.3, -0.25) is 4.79 Å². The van der Waals surface area contributed by atoms with Crippen molar-refractivity contribution in [2.45, 2.75) is 31.3 Å². The number of carbonyl (C=O) groups is 1. The SMILES string of the molecule is NC(CC(=O)OCc1ccccc1)C(O)C(F)(F)F. The summed E-state index contributed by atoms with van der Waals surface area (Å²) in [5.74, 6) is -0.889. The fourth-order valence-electron chi connectivity index (χ4n) is 1.34. The molecule has 106 valence electrons. The highest BCUT2D eigenvalue weighted by molar-refractivity contribution is 5.70. The van der Waals surface area contributed by atoms with Crippen LogP contribution in [-0.2, 0) is 16.1 Å². The summed E-state index contributed by atoms with van der Waals surface area (Å²) in [5.41, 5.74) is 5.81. The zero-order valence-electron chi connectivity index (χ0n) is 9.93. The first kappa shape index (κ1) is 15.5. The number of aliphatic hydroxyl groups is 1. The second-order valence-corrected chi connectivity index (χ2v) is 4.00. The summed E-state index contributed by atoms with van der Waals surface area (Å²) >= 11 is 0. The highest BCUT2D eigenvalue weighted by Crippen LogP contribution is 2.22. The van der Waals surface area contributed by atoms with Crippen LogP contribution in [0.4, 0.5) is 13.2 Å². The summed E-state index contributed by atoms with van der Waals surface area (Å²) in [5, 5.41) is 8.83. The van der Waals surface area contributed by atoms with Crippen molar-refractivity contribution in [3.05, 3.63) is 35.9 Å². The predicted octanol–water partition coefficient (Wildman–Crippen LogP) is 1.37. The summed E-state index contributed by atoms with van der Waals surface area (Å²) in [6.07, 6.45) is -8.29. The van der Waals surface area contributed by atoms with Crippen LogP contribution in [0.5, 0.6) is 0 Å². The van der Waals surface area contributed by atoms with E-state index in [4.69, 9.17) is 15.6 Å². The van der Waals surface area contributed by atoms with Gasteiger partial charge in [-0.25, -0.2) is 0 Å². The number of nitrogens with two attached hydrogens (primary N) is 1. The minimum atomic E-state index is -4.85. The quantitative estimate of drug-likeness (QED) is 0.797. The van der Waals surface area contributed by atoms with Crippen molar-refractivity contribution in [1.29, 1.82) is 0 Å². The molecule has 0 fully saturated rings. The van der Waals surface area contributed by atoms with E-state index < -0.39 is 30.7 Å². The van der Waals surface area contributed by atoms with Crippen LogP contribution in [-0.4, -0.2) is 29.4 Å². The Morgan fingerprint density at radius 2 is 1.89 bits per heavy atom. The molecule has 1 aromatic rings. The summed E-state index contributed by atoms with van der Waals surface area (Å²) in [4.78, 5) is 11.3. The Balaban J connectivity index is 2.39. The number of aliphatic hydroxyl groups excluding tert-OH is 1. The van der Waals surface area contributed by atoms with E-state index >= 15 is 0 Å². The second-order valence-electron chi connectivity index (χ2n) is 4.00. The predicted molar refractivity (Wildman–Crippen MR) is 60.9 cm³/mol. The van der Waals surface area contributed by atoms with E-state index in [1.54, 1.807) is 30.3 Å². The standard InChI is InChI=1S/C12H14F3NO3/c13-12(14,15)11(18)9(16)6-10(17)19-7-8-4-2-1-3-5-8/h1-5,9,11,18H,6-7,16H2. The number of halogens is 3. The second kappa shape index (κ2) is 6.53. The Hall–Kier alpha value is -1.60. The van der Waals surface area contributed by atoms with E-state index in [1.807, 2.05) is 0 Å². The molecule has 7 heteroatoms. The van der Waals surface area contributed by atoms with E-state index in [-0.39, 0.29) is 6.61 Å². The van der Waals surface area contributed by atoms with Gasteiger partial charge in [0.2, 0.25) is 0 Å². The molecule has 4 nitrogen and oxygen atoms in total. The lowest BCUT2D eigenvalue weighted by atomic mass is 10.1. The summed E-state index contributed by atoms with van der Waals surface area (Å²) in [6, 6.07) is 6.93. The zero-order valence-corrected chi connectivity index (χ0v) is 9.93. The highest BCUT2D eigenvalue weighted by Gasteiger charge is 2.42. The van der Waals surface area contributed by atoms with Gasteiger partial charge < -0.3 is 15.6 Å². The zero-order chi connectivity index (χ0) is 14.5. The summed E-state index contributed by atoms with van der Waals surface area (Å²) in [6.45, 7) is -0.0471. The molecule has 0 saturated carbocycles. The molecule has 19 heavy (non-hydrogen) atoms. The van der Waals surface area contributed by atoms with Crippen LogP contribution in [0.3, 0.4) is 0 Å². The third kappa shape index (κ3) is 5.27. The van der Waals surface area contributed by atoms with Crippen molar-refractivity contribution in [1.82, 2.24) is 0 Å². The normalized spacial score (nSPS) is 14.8. The molecule has 2 atom stereocenters. The maximum atomic E-state index is 12.1. The molecule has 0 spiro atoms. The molecule has 0 aromatic heterocycles. The van der Waals surface area contributed by atoms with Gasteiger partial charge in [0.1, 0.15) is 6.61 Å². The molecular formula is C12H14F3NO3. The van der Waals surface area contributed by atoms with E-state index in [0.717, 1.165) is 0 Å². The number of carbonyl (C=O) groups excluding carboxylic acids is 1.